The Kier molecular flexibility index (Phi) is 4.25. The van der Waals surface area contributed by atoms with Gasteiger partial charge in [-0.2, -0.15) is 0 Å². The molecular formula is C8H14N4S. The Labute approximate surface area is 81.9 Å². The number of anilines is 2. The smallest absolute Gasteiger partial charge is 0.189 e. The van der Waals surface area contributed by atoms with Gasteiger partial charge in [0.25, 0.3) is 0 Å². The minimum Gasteiger partial charge on any atom is -0.383 e. The van der Waals surface area contributed by atoms with E-state index in [4.69, 9.17) is 5.73 Å². The van der Waals surface area contributed by atoms with Crippen molar-refractivity contribution in [2.24, 2.45) is 4.99 Å². The average molecular weight is 198 g/mol. The quantitative estimate of drug-likeness (QED) is 0.432. The molecule has 0 aromatic carbocycles. The third kappa shape index (κ3) is 3.89. The lowest BCUT2D eigenvalue weighted by Gasteiger charge is -1.92. The van der Waals surface area contributed by atoms with Crippen LogP contribution in [-0.4, -0.2) is 17.9 Å². The fourth-order valence-corrected chi connectivity index (χ4v) is 1.33. The molecule has 0 aliphatic carbocycles. The van der Waals surface area contributed by atoms with Gasteiger partial charge in [-0.25, -0.2) is 4.98 Å². The summed E-state index contributed by atoms with van der Waals surface area (Å²) in [5, 5.41) is 5.54. The second-order valence-corrected chi connectivity index (χ2v) is 3.47. The zero-order chi connectivity index (χ0) is 9.52. The van der Waals surface area contributed by atoms with Crippen molar-refractivity contribution >= 4 is 28.6 Å². The van der Waals surface area contributed by atoms with Crippen molar-refractivity contribution in [1.29, 1.82) is 0 Å². The molecule has 4 nitrogen and oxygen atoms in total. The van der Waals surface area contributed by atoms with Gasteiger partial charge in [-0.15, -0.1) is 11.3 Å². The summed E-state index contributed by atoms with van der Waals surface area (Å²) < 4.78 is 0. The van der Waals surface area contributed by atoms with E-state index in [-0.39, 0.29) is 0 Å². The number of thiazole rings is 1. The second kappa shape index (κ2) is 5.53. The predicted octanol–water partition coefficient (Wildman–Crippen LogP) is 1.97. The Bertz CT molecular complexity index is 269. The summed E-state index contributed by atoms with van der Waals surface area (Å²) in [5.74, 6) is 0.550. The van der Waals surface area contributed by atoms with Crippen LogP contribution < -0.4 is 11.1 Å². The number of nitrogens with two attached hydrogens (primary N) is 1. The first-order valence-electron chi connectivity index (χ1n) is 4.28. The van der Waals surface area contributed by atoms with Crippen LogP contribution in [0.4, 0.5) is 10.9 Å². The minimum atomic E-state index is 0.550. The van der Waals surface area contributed by atoms with Crippen molar-refractivity contribution in [3.63, 3.8) is 0 Å². The molecule has 0 spiro atoms. The van der Waals surface area contributed by atoms with Crippen LogP contribution in [-0.2, 0) is 0 Å². The lowest BCUT2D eigenvalue weighted by atomic mass is 10.3. The number of aliphatic imine (C=N–C) groups is 1. The molecule has 0 bridgehead atoms. The summed E-state index contributed by atoms with van der Waals surface area (Å²) in [6.45, 7) is 3.01. The number of nitrogens with one attached hydrogen (secondary N) is 1. The van der Waals surface area contributed by atoms with Crippen LogP contribution >= 0.6 is 11.3 Å². The Hall–Kier alpha value is -1.10. The number of hydrogen-bond donors (Lipinski definition) is 2. The zero-order valence-corrected chi connectivity index (χ0v) is 8.47. The van der Waals surface area contributed by atoms with Crippen LogP contribution in [0.1, 0.15) is 19.8 Å². The number of aromatic nitrogens is 1. The normalized spacial score (nSPS) is 10.8. The molecular weight excluding hydrogens is 184 g/mol. The highest BCUT2D eigenvalue weighted by atomic mass is 32.1. The van der Waals surface area contributed by atoms with E-state index in [0.717, 1.165) is 18.1 Å². The number of nitrogens with zero attached hydrogens (tertiary/aromatic N) is 2. The summed E-state index contributed by atoms with van der Waals surface area (Å²) in [4.78, 5) is 8.18. The first-order chi connectivity index (χ1) is 6.33. The third-order valence-corrected chi connectivity index (χ3v) is 2.23. The van der Waals surface area contributed by atoms with Crippen molar-refractivity contribution in [1.82, 2.24) is 4.98 Å². The van der Waals surface area contributed by atoms with E-state index in [1.165, 1.54) is 17.8 Å². The van der Waals surface area contributed by atoms with Gasteiger partial charge in [-0.1, -0.05) is 13.3 Å². The molecule has 3 N–H and O–H groups in total. The van der Waals surface area contributed by atoms with Crippen molar-refractivity contribution in [3.05, 3.63) is 5.38 Å². The molecule has 72 valence electrons. The number of rotatable bonds is 5. The summed E-state index contributed by atoms with van der Waals surface area (Å²) in [6.07, 6.45) is 3.97. The van der Waals surface area contributed by atoms with Gasteiger partial charge < -0.3 is 11.1 Å². The van der Waals surface area contributed by atoms with Crippen LogP contribution in [0.15, 0.2) is 10.4 Å². The summed E-state index contributed by atoms with van der Waals surface area (Å²) in [5.41, 5.74) is 5.45. The van der Waals surface area contributed by atoms with Gasteiger partial charge in [0.05, 0.1) is 6.34 Å². The highest BCUT2D eigenvalue weighted by Crippen LogP contribution is 2.15. The molecule has 0 aliphatic rings. The van der Waals surface area contributed by atoms with E-state index >= 15 is 0 Å². The van der Waals surface area contributed by atoms with Crippen LogP contribution in [0.2, 0.25) is 0 Å². The fourth-order valence-electron chi connectivity index (χ4n) is 0.767. The van der Waals surface area contributed by atoms with Crippen molar-refractivity contribution in [2.75, 3.05) is 17.6 Å². The molecule has 0 radical (unpaired) electrons. The molecule has 5 heteroatoms. The molecule has 1 rings (SSSR count). The Morgan fingerprint density at radius 2 is 2.62 bits per heavy atom. The second-order valence-electron chi connectivity index (χ2n) is 2.61. The van der Waals surface area contributed by atoms with Crippen LogP contribution in [0.3, 0.4) is 0 Å². The van der Waals surface area contributed by atoms with Gasteiger partial charge >= 0.3 is 0 Å². The molecule has 0 fully saturated rings. The maximum Gasteiger partial charge on any atom is 0.189 e. The fraction of sp³-hybridized carbons (Fsp3) is 0.500. The standard InChI is InChI=1S/C8H14N4S/c1-2-3-4-10-6-11-8-12-7(9)5-13-8/h5-6H,2-4,9H2,1H3,(H,10,11,12). The molecule has 1 heterocycles. The molecule has 0 unspecified atom stereocenters. The molecule has 0 aliphatic heterocycles. The van der Waals surface area contributed by atoms with Gasteiger partial charge in [0.1, 0.15) is 5.82 Å². The Balaban J connectivity index is 2.22. The zero-order valence-electron chi connectivity index (χ0n) is 7.66. The Morgan fingerprint density at radius 3 is 3.23 bits per heavy atom. The number of hydrogen-bond acceptors (Lipinski definition) is 4. The third-order valence-electron chi connectivity index (χ3n) is 1.44. The monoisotopic (exact) mass is 198 g/mol. The lowest BCUT2D eigenvalue weighted by Crippen LogP contribution is -1.95. The Morgan fingerprint density at radius 1 is 1.77 bits per heavy atom. The van der Waals surface area contributed by atoms with E-state index in [1.54, 1.807) is 11.7 Å². The van der Waals surface area contributed by atoms with Gasteiger partial charge in [-0.3, -0.25) is 4.99 Å². The predicted molar refractivity (Wildman–Crippen MR) is 58.4 cm³/mol. The molecule has 0 saturated carbocycles. The van der Waals surface area contributed by atoms with Crippen LogP contribution in [0.5, 0.6) is 0 Å². The molecule has 13 heavy (non-hydrogen) atoms. The average Bonchev–Trinajstić information content (AvgIpc) is 2.51. The van der Waals surface area contributed by atoms with Crippen LogP contribution in [0, 0.1) is 0 Å². The van der Waals surface area contributed by atoms with Crippen molar-refractivity contribution in [2.45, 2.75) is 19.8 Å². The van der Waals surface area contributed by atoms with Crippen molar-refractivity contribution < 1.29 is 0 Å². The minimum absolute atomic E-state index is 0.550. The van der Waals surface area contributed by atoms with E-state index in [0.29, 0.717) is 5.82 Å². The van der Waals surface area contributed by atoms with Gasteiger partial charge in [-0.05, 0) is 6.42 Å². The molecule has 0 atom stereocenters. The van der Waals surface area contributed by atoms with E-state index in [1.807, 2.05) is 0 Å². The van der Waals surface area contributed by atoms with Gasteiger partial charge in [0.15, 0.2) is 5.13 Å². The van der Waals surface area contributed by atoms with Crippen LogP contribution in [0.25, 0.3) is 0 Å². The maximum atomic E-state index is 5.45. The summed E-state index contributed by atoms with van der Waals surface area (Å²) >= 11 is 1.47. The van der Waals surface area contributed by atoms with Gasteiger partial charge in [0, 0.05) is 11.9 Å². The maximum absolute atomic E-state index is 5.45. The topological polar surface area (TPSA) is 63.3 Å². The van der Waals surface area contributed by atoms with E-state index < -0.39 is 0 Å². The lowest BCUT2D eigenvalue weighted by molar-refractivity contribution is 0.810. The first kappa shape index (κ1) is 9.98. The molecule has 0 amide bonds. The number of nitrogen functional groups attached to an aromatic ring is 1. The largest absolute Gasteiger partial charge is 0.383 e. The number of unbranched alkanes of at least 4 members (excludes halogenated alkanes) is 1. The first-order valence-corrected chi connectivity index (χ1v) is 5.16. The molecule has 1 aromatic heterocycles. The van der Waals surface area contributed by atoms with E-state index in [9.17, 15) is 0 Å². The highest BCUT2D eigenvalue weighted by molar-refractivity contribution is 7.14. The van der Waals surface area contributed by atoms with Gasteiger partial charge in [0.2, 0.25) is 0 Å². The summed E-state index contributed by atoms with van der Waals surface area (Å²) in [6, 6.07) is 0. The molecule has 1 aromatic rings. The van der Waals surface area contributed by atoms with E-state index in [2.05, 4.69) is 22.2 Å². The highest BCUT2D eigenvalue weighted by Gasteiger charge is 1.93. The summed E-state index contributed by atoms with van der Waals surface area (Å²) in [7, 11) is 0. The SMILES string of the molecule is CCCCN=CNc1nc(N)cs1. The van der Waals surface area contributed by atoms with Crippen molar-refractivity contribution in [3.8, 4) is 0 Å². The molecule has 0 saturated heterocycles.